The molecule has 0 aromatic rings. The summed E-state index contributed by atoms with van der Waals surface area (Å²) in [7, 11) is 0. The number of nitriles is 1. The van der Waals surface area contributed by atoms with Gasteiger partial charge < -0.3 is 0 Å². The molecule has 0 radical (unpaired) electrons. The van der Waals surface area contributed by atoms with Crippen LogP contribution in [0.2, 0.25) is 0 Å². The third-order valence-corrected chi connectivity index (χ3v) is 2.54. The first-order valence-electron chi connectivity index (χ1n) is 4.74. The topological polar surface area (TPSA) is 40.9 Å². The van der Waals surface area contributed by atoms with Crippen molar-refractivity contribution in [2.75, 3.05) is 0 Å². The number of hydrogen-bond acceptors (Lipinski definition) is 2. The van der Waals surface area contributed by atoms with E-state index in [1.165, 1.54) is 19.3 Å². The molecule has 0 amide bonds. The summed E-state index contributed by atoms with van der Waals surface area (Å²) in [4.78, 5) is 11.4. The first kappa shape index (κ1) is 9.25. The minimum Gasteiger partial charge on any atom is -0.299 e. The lowest BCUT2D eigenvalue weighted by atomic mass is 9.85. The third kappa shape index (κ3) is 2.65. The zero-order valence-electron chi connectivity index (χ0n) is 7.38. The van der Waals surface area contributed by atoms with Gasteiger partial charge in [-0.2, -0.15) is 5.26 Å². The molecule has 66 valence electrons. The van der Waals surface area contributed by atoms with E-state index in [9.17, 15) is 4.79 Å². The number of carbonyl (C=O) groups is 1. The molecule has 0 unspecified atom stereocenters. The van der Waals surface area contributed by atoms with Crippen LogP contribution in [0.1, 0.15) is 44.9 Å². The van der Waals surface area contributed by atoms with Crippen LogP contribution in [-0.4, -0.2) is 5.78 Å². The maximum atomic E-state index is 11.4. The predicted molar refractivity (Wildman–Crippen MR) is 46.4 cm³/mol. The number of hydrogen-bond donors (Lipinski definition) is 0. The van der Waals surface area contributed by atoms with Gasteiger partial charge in [0, 0.05) is 18.8 Å². The Hall–Kier alpha value is -0.840. The standard InChI is InChI=1S/C10H15NO/c11-8-4-7-10(12)9-5-2-1-3-6-9/h9H,1-7H2. The monoisotopic (exact) mass is 165 g/mol. The molecular weight excluding hydrogens is 150 g/mol. The number of ketones is 1. The lowest BCUT2D eigenvalue weighted by molar-refractivity contribution is -0.123. The van der Waals surface area contributed by atoms with E-state index in [2.05, 4.69) is 0 Å². The van der Waals surface area contributed by atoms with Gasteiger partial charge in [0.1, 0.15) is 5.78 Å². The van der Waals surface area contributed by atoms with Crippen molar-refractivity contribution in [3.8, 4) is 6.07 Å². The van der Waals surface area contributed by atoms with E-state index in [0.29, 0.717) is 18.6 Å². The Labute approximate surface area is 73.6 Å². The molecular formula is C10H15NO. The number of carbonyl (C=O) groups excluding carboxylic acids is 1. The molecule has 1 rings (SSSR count). The molecule has 0 aromatic carbocycles. The Morgan fingerprint density at radius 2 is 2.00 bits per heavy atom. The first-order valence-corrected chi connectivity index (χ1v) is 4.74. The average molecular weight is 165 g/mol. The van der Waals surface area contributed by atoms with E-state index in [-0.39, 0.29) is 5.92 Å². The van der Waals surface area contributed by atoms with Gasteiger partial charge in [-0.3, -0.25) is 4.79 Å². The second kappa shape index (κ2) is 4.92. The molecule has 0 atom stereocenters. The van der Waals surface area contributed by atoms with E-state index >= 15 is 0 Å². The molecule has 1 fully saturated rings. The van der Waals surface area contributed by atoms with Crippen molar-refractivity contribution in [3.63, 3.8) is 0 Å². The fourth-order valence-electron chi connectivity index (χ4n) is 1.81. The summed E-state index contributed by atoms with van der Waals surface area (Å²) in [6, 6.07) is 2.02. The van der Waals surface area contributed by atoms with Gasteiger partial charge in [-0.15, -0.1) is 0 Å². The smallest absolute Gasteiger partial charge is 0.137 e. The Morgan fingerprint density at radius 1 is 1.33 bits per heavy atom. The van der Waals surface area contributed by atoms with E-state index in [0.717, 1.165) is 12.8 Å². The minimum atomic E-state index is 0.284. The van der Waals surface area contributed by atoms with Crippen molar-refractivity contribution >= 4 is 5.78 Å². The second-order valence-electron chi connectivity index (χ2n) is 3.46. The van der Waals surface area contributed by atoms with Crippen LogP contribution >= 0.6 is 0 Å². The highest BCUT2D eigenvalue weighted by Gasteiger charge is 2.19. The van der Waals surface area contributed by atoms with Crippen molar-refractivity contribution < 1.29 is 4.79 Å². The Balaban J connectivity index is 2.26. The van der Waals surface area contributed by atoms with Gasteiger partial charge >= 0.3 is 0 Å². The molecule has 2 heteroatoms. The molecule has 0 aromatic heterocycles. The van der Waals surface area contributed by atoms with Gasteiger partial charge in [0.15, 0.2) is 0 Å². The van der Waals surface area contributed by atoms with Crippen LogP contribution in [0.5, 0.6) is 0 Å². The second-order valence-corrected chi connectivity index (χ2v) is 3.46. The third-order valence-electron chi connectivity index (χ3n) is 2.54. The van der Waals surface area contributed by atoms with Gasteiger partial charge in [0.05, 0.1) is 6.07 Å². The van der Waals surface area contributed by atoms with Crippen LogP contribution in [-0.2, 0) is 4.79 Å². The zero-order chi connectivity index (χ0) is 8.81. The fraction of sp³-hybridized carbons (Fsp3) is 0.800. The van der Waals surface area contributed by atoms with E-state index < -0.39 is 0 Å². The summed E-state index contributed by atoms with van der Waals surface area (Å²) in [5.41, 5.74) is 0. The van der Waals surface area contributed by atoms with E-state index in [4.69, 9.17) is 5.26 Å². The zero-order valence-corrected chi connectivity index (χ0v) is 7.38. The fourth-order valence-corrected chi connectivity index (χ4v) is 1.81. The molecule has 0 N–H and O–H groups in total. The number of rotatable bonds is 3. The lowest BCUT2D eigenvalue weighted by Gasteiger charge is -2.19. The number of nitrogens with zero attached hydrogens (tertiary/aromatic N) is 1. The molecule has 0 spiro atoms. The van der Waals surface area contributed by atoms with Crippen LogP contribution in [0.4, 0.5) is 0 Å². The Kier molecular flexibility index (Phi) is 3.79. The highest BCUT2D eigenvalue weighted by Crippen LogP contribution is 2.25. The molecule has 0 heterocycles. The quantitative estimate of drug-likeness (QED) is 0.644. The SMILES string of the molecule is N#CCCC(=O)C1CCCCC1. The van der Waals surface area contributed by atoms with E-state index in [1.54, 1.807) is 0 Å². The van der Waals surface area contributed by atoms with Gasteiger partial charge in [-0.05, 0) is 12.8 Å². The lowest BCUT2D eigenvalue weighted by Crippen LogP contribution is -2.17. The van der Waals surface area contributed by atoms with Crippen molar-refractivity contribution in [1.29, 1.82) is 5.26 Å². The van der Waals surface area contributed by atoms with Crippen molar-refractivity contribution in [2.24, 2.45) is 5.92 Å². The van der Waals surface area contributed by atoms with Gasteiger partial charge in [0.2, 0.25) is 0 Å². The molecule has 1 aliphatic carbocycles. The minimum absolute atomic E-state index is 0.284. The summed E-state index contributed by atoms with van der Waals surface area (Å²) < 4.78 is 0. The van der Waals surface area contributed by atoms with Gasteiger partial charge in [0.25, 0.3) is 0 Å². The Bertz CT molecular complexity index is 187. The van der Waals surface area contributed by atoms with Crippen LogP contribution in [0.3, 0.4) is 0 Å². The van der Waals surface area contributed by atoms with Crippen LogP contribution < -0.4 is 0 Å². The summed E-state index contributed by atoms with van der Waals surface area (Å²) >= 11 is 0. The molecule has 0 bridgehead atoms. The summed E-state index contributed by atoms with van der Waals surface area (Å²) in [5.74, 6) is 0.600. The summed E-state index contributed by atoms with van der Waals surface area (Å²) in [6.07, 6.45) is 6.67. The van der Waals surface area contributed by atoms with Crippen LogP contribution in [0, 0.1) is 17.2 Å². The predicted octanol–water partition coefficient (Wildman–Crippen LogP) is 2.44. The molecule has 0 saturated heterocycles. The van der Waals surface area contributed by atoms with Crippen LogP contribution in [0.15, 0.2) is 0 Å². The largest absolute Gasteiger partial charge is 0.299 e. The first-order chi connectivity index (χ1) is 5.84. The molecule has 1 saturated carbocycles. The van der Waals surface area contributed by atoms with Gasteiger partial charge in [-0.25, -0.2) is 0 Å². The summed E-state index contributed by atoms with van der Waals surface area (Å²) in [6.45, 7) is 0. The maximum Gasteiger partial charge on any atom is 0.137 e. The van der Waals surface area contributed by atoms with Crippen molar-refractivity contribution in [2.45, 2.75) is 44.9 Å². The van der Waals surface area contributed by atoms with Crippen molar-refractivity contribution in [3.05, 3.63) is 0 Å². The highest BCUT2D eigenvalue weighted by atomic mass is 16.1. The highest BCUT2D eigenvalue weighted by molar-refractivity contribution is 5.81. The molecule has 2 nitrogen and oxygen atoms in total. The average Bonchev–Trinajstić information content (AvgIpc) is 2.15. The number of Topliss-reactive ketones (excluding diaryl/α,β-unsaturated/α-hetero) is 1. The molecule has 12 heavy (non-hydrogen) atoms. The van der Waals surface area contributed by atoms with Crippen molar-refractivity contribution in [1.82, 2.24) is 0 Å². The Morgan fingerprint density at radius 3 is 2.58 bits per heavy atom. The maximum absolute atomic E-state index is 11.4. The van der Waals surface area contributed by atoms with E-state index in [1.807, 2.05) is 6.07 Å². The summed E-state index contributed by atoms with van der Waals surface area (Å²) in [5, 5.41) is 8.31. The molecule has 0 aliphatic heterocycles. The van der Waals surface area contributed by atoms with Gasteiger partial charge in [-0.1, -0.05) is 19.3 Å². The normalized spacial score (nSPS) is 18.6. The molecule has 1 aliphatic rings. The van der Waals surface area contributed by atoms with Crippen LogP contribution in [0.25, 0.3) is 0 Å².